The molecule has 0 bridgehead atoms. The van der Waals surface area contributed by atoms with E-state index >= 15 is 0 Å². The third-order valence-corrected chi connectivity index (χ3v) is 1.21. The van der Waals surface area contributed by atoms with Gasteiger partial charge in [-0.1, -0.05) is 0 Å². The molecule has 4 heteroatoms. The third kappa shape index (κ3) is 7.03. The van der Waals surface area contributed by atoms with E-state index in [2.05, 4.69) is 10.2 Å². The van der Waals surface area contributed by atoms with Crippen LogP contribution in [0.1, 0.15) is 13.3 Å². The Morgan fingerprint density at radius 1 is 1.58 bits per heavy atom. The van der Waals surface area contributed by atoms with Gasteiger partial charge in [-0.15, -0.1) is 0 Å². The molecule has 0 amide bonds. The van der Waals surface area contributed by atoms with E-state index < -0.39 is 0 Å². The first kappa shape index (κ1) is 10.9. The molecule has 0 aliphatic carbocycles. The van der Waals surface area contributed by atoms with Gasteiger partial charge in [-0.05, 0) is 6.92 Å². The average molecular weight is 170 g/mol. The monoisotopic (exact) mass is 170 g/mol. The molecule has 0 spiro atoms. The Morgan fingerprint density at radius 2 is 2.33 bits per heavy atom. The predicted octanol–water partition coefficient (Wildman–Crippen LogP) is 0.448. The quantitative estimate of drug-likeness (QED) is 0.357. The molecule has 0 aromatic heterocycles. The highest BCUT2D eigenvalue weighted by molar-refractivity contribution is 5.69. The Hall–Kier alpha value is -1.08. The van der Waals surface area contributed by atoms with E-state index in [0.717, 1.165) is 0 Å². The summed E-state index contributed by atoms with van der Waals surface area (Å²) in [5.41, 5.74) is 0. The molecule has 0 fully saturated rings. The lowest BCUT2D eigenvalue weighted by Crippen LogP contribution is -2.21. The number of rotatable bonds is 6. The van der Waals surface area contributed by atoms with Crippen molar-refractivity contribution in [2.45, 2.75) is 13.3 Å². The molecule has 0 radical (unpaired) electrons. The van der Waals surface area contributed by atoms with Crippen molar-refractivity contribution in [2.24, 2.45) is 0 Å². The van der Waals surface area contributed by atoms with Gasteiger partial charge in [0.1, 0.15) is 0 Å². The van der Waals surface area contributed by atoms with Crippen molar-refractivity contribution < 1.29 is 9.53 Å². The molecule has 0 atom stereocenters. The molecule has 0 rings (SSSR count). The zero-order valence-corrected chi connectivity index (χ0v) is 7.30. The zero-order chi connectivity index (χ0) is 9.23. The molecule has 0 saturated carbocycles. The number of nitrogens with one attached hydrogen (secondary N) is 1. The SMILES string of the molecule is [C-]#[N+]CCNCCC(=O)OCC. The summed E-state index contributed by atoms with van der Waals surface area (Å²) >= 11 is 0. The van der Waals surface area contributed by atoms with Crippen LogP contribution in [-0.4, -0.2) is 32.2 Å². The summed E-state index contributed by atoms with van der Waals surface area (Å²) in [5, 5.41) is 2.96. The average Bonchev–Trinajstić information content (AvgIpc) is 2.05. The maximum atomic E-state index is 10.8. The van der Waals surface area contributed by atoms with Gasteiger partial charge in [-0.2, -0.15) is 0 Å². The normalized spacial score (nSPS) is 9.00. The first-order valence-corrected chi connectivity index (χ1v) is 4.00. The van der Waals surface area contributed by atoms with Crippen LogP contribution >= 0.6 is 0 Å². The lowest BCUT2D eigenvalue weighted by Gasteiger charge is -2.00. The maximum Gasteiger partial charge on any atom is 0.307 e. The molecule has 12 heavy (non-hydrogen) atoms. The smallest absolute Gasteiger partial charge is 0.307 e. The highest BCUT2D eigenvalue weighted by atomic mass is 16.5. The third-order valence-electron chi connectivity index (χ3n) is 1.21. The molecule has 4 nitrogen and oxygen atoms in total. The van der Waals surface area contributed by atoms with E-state index in [1.54, 1.807) is 6.92 Å². The highest BCUT2D eigenvalue weighted by Gasteiger charge is 1.99. The second-order valence-electron chi connectivity index (χ2n) is 2.19. The van der Waals surface area contributed by atoms with Crippen molar-refractivity contribution in [1.29, 1.82) is 0 Å². The van der Waals surface area contributed by atoms with Crippen LogP contribution in [0.2, 0.25) is 0 Å². The Labute approximate surface area is 72.7 Å². The van der Waals surface area contributed by atoms with Crippen LogP contribution in [0.5, 0.6) is 0 Å². The van der Waals surface area contributed by atoms with Crippen LogP contribution in [0.4, 0.5) is 0 Å². The fraction of sp³-hybridized carbons (Fsp3) is 0.750. The van der Waals surface area contributed by atoms with Gasteiger partial charge < -0.3 is 14.9 Å². The lowest BCUT2D eigenvalue weighted by molar-refractivity contribution is -0.142. The minimum absolute atomic E-state index is 0.187. The fourth-order valence-corrected chi connectivity index (χ4v) is 0.684. The molecular formula is C8H14N2O2. The Kier molecular flexibility index (Phi) is 7.30. The number of ether oxygens (including phenoxy) is 1. The van der Waals surface area contributed by atoms with E-state index in [-0.39, 0.29) is 5.97 Å². The van der Waals surface area contributed by atoms with Crippen molar-refractivity contribution in [3.05, 3.63) is 11.4 Å². The van der Waals surface area contributed by atoms with E-state index in [1.807, 2.05) is 0 Å². The second-order valence-corrected chi connectivity index (χ2v) is 2.19. The summed E-state index contributed by atoms with van der Waals surface area (Å²) < 4.78 is 4.71. The van der Waals surface area contributed by atoms with E-state index in [0.29, 0.717) is 32.7 Å². The lowest BCUT2D eigenvalue weighted by atomic mass is 10.4. The van der Waals surface area contributed by atoms with Crippen LogP contribution in [0.15, 0.2) is 0 Å². The summed E-state index contributed by atoms with van der Waals surface area (Å²) in [5.74, 6) is -0.187. The van der Waals surface area contributed by atoms with Gasteiger partial charge in [-0.3, -0.25) is 4.79 Å². The first-order valence-electron chi connectivity index (χ1n) is 4.00. The summed E-state index contributed by atoms with van der Waals surface area (Å²) in [6.45, 7) is 10.4. The van der Waals surface area contributed by atoms with Gasteiger partial charge in [0, 0.05) is 6.54 Å². The molecule has 0 aliphatic heterocycles. The van der Waals surface area contributed by atoms with Crippen molar-refractivity contribution >= 4 is 5.97 Å². The maximum absolute atomic E-state index is 10.8. The summed E-state index contributed by atoms with van der Waals surface area (Å²) in [4.78, 5) is 13.9. The molecule has 68 valence electrons. The van der Waals surface area contributed by atoms with Crippen LogP contribution in [0.3, 0.4) is 0 Å². The fourth-order valence-electron chi connectivity index (χ4n) is 0.684. The first-order chi connectivity index (χ1) is 5.81. The summed E-state index contributed by atoms with van der Waals surface area (Å²) in [6, 6.07) is 0. The second kappa shape index (κ2) is 8.02. The van der Waals surface area contributed by atoms with Crippen LogP contribution < -0.4 is 5.32 Å². The summed E-state index contributed by atoms with van der Waals surface area (Å²) in [6.07, 6.45) is 0.381. The standard InChI is InChI=1S/C8H14N2O2/c1-3-12-8(11)4-5-10-7-6-9-2/h10H,3-7H2,1H3. The van der Waals surface area contributed by atoms with Crippen molar-refractivity contribution in [3.63, 3.8) is 0 Å². The van der Waals surface area contributed by atoms with Gasteiger partial charge in [0.05, 0.1) is 19.6 Å². The van der Waals surface area contributed by atoms with Gasteiger partial charge in [-0.25, -0.2) is 6.57 Å². The minimum atomic E-state index is -0.187. The minimum Gasteiger partial charge on any atom is -0.466 e. The number of nitrogens with zero attached hydrogens (tertiary/aromatic N) is 1. The molecule has 0 unspecified atom stereocenters. The number of hydrogen-bond donors (Lipinski definition) is 1. The van der Waals surface area contributed by atoms with Crippen LogP contribution in [0.25, 0.3) is 4.85 Å². The zero-order valence-electron chi connectivity index (χ0n) is 7.30. The van der Waals surface area contributed by atoms with Crippen LogP contribution in [0, 0.1) is 6.57 Å². The van der Waals surface area contributed by atoms with E-state index in [9.17, 15) is 4.79 Å². The number of carbonyl (C=O) groups excluding carboxylic acids is 1. The number of esters is 1. The Balaban J connectivity index is 3.09. The number of hydrogen-bond acceptors (Lipinski definition) is 3. The van der Waals surface area contributed by atoms with E-state index in [1.165, 1.54) is 0 Å². The van der Waals surface area contributed by atoms with Gasteiger partial charge in [0.15, 0.2) is 0 Å². The number of carbonyl (C=O) groups is 1. The largest absolute Gasteiger partial charge is 0.466 e. The molecule has 0 aliphatic rings. The van der Waals surface area contributed by atoms with Crippen molar-refractivity contribution in [1.82, 2.24) is 5.32 Å². The molecule has 0 aromatic rings. The molecule has 1 N–H and O–H groups in total. The Bertz CT molecular complexity index is 163. The van der Waals surface area contributed by atoms with Crippen molar-refractivity contribution in [3.8, 4) is 0 Å². The van der Waals surface area contributed by atoms with Crippen molar-refractivity contribution in [2.75, 3.05) is 26.2 Å². The predicted molar refractivity (Wildman–Crippen MR) is 45.6 cm³/mol. The topological polar surface area (TPSA) is 42.7 Å². The van der Waals surface area contributed by atoms with Crippen LogP contribution in [-0.2, 0) is 9.53 Å². The molecular weight excluding hydrogens is 156 g/mol. The Morgan fingerprint density at radius 3 is 2.92 bits per heavy atom. The molecule has 0 aromatic carbocycles. The van der Waals surface area contributed by atoms with E-state index in [4.69, 9.17) is 11.3 Å². The van der Waals surface area contributed by atoms with Gasteiger partial charge in [0.25, 0.3) is 0 Å². The van der Waals surface area contributed by atoms with Gasteiger partial charge in [0.2, 0.25) is 6.54 Å². The molecule has 0 heterocycles. The van der Waals surface area contributed by atoms with Gasteiger partial charge >= 0.3 is 5.97 Å². The molecule has 0 saturated heterocycles. The summed E-state index contributed by atoms with van der Waals surface area (Å²) in [7, 11) is 0. The highest BCUT2D eigenvalue weighted by Crippen LogP contribution is 1.83.